The number of hydrogen-bond donors (Lipinski definition) is 1. The number of nitrogens with one attached hydrogen (secondary N) is 1. The van der Waals surface area contributed by atoms with Crippen molar-refractivity contribution < 1.29 is 14.3 Å². The molecular formula is C22H27N3O3. The summed E-state index contributed by atoms with van der Waals surface area (Å²) in [6.07, 6.45) is 1.96. The fourth-order valence-corrected chi connectivity index (χ4v) is 3.30. The second kappa shape index (κ2) is 8.78. The summed E-state index contributed by atoms with van der Waals surface area (Å²) < 4.78 is 5.53. The highest BCUT2D eigenvalue weighted by Gasteiger charge is 2.27. The van der Waals surface area contributed by atoms with E-state index >= 15 is 0 Å². The molecule has 1 atom stereocenters. The minimum absolute atomic E-state index is 0.0164. The molecule has 1 heterocycles. The Kier molecular flexibility index (Phi) is 6.19. The van der Waals surface area contributed by atoms with Gasteiger partial charge in [-0.2, -0.15) is 0 Å². The third-order valence-electron chi connectivity index (χ3n) is 4.93. The maximum atomic E-state index is 12.9. The van der Waals surface area contributed by atoms with E-state index in [9.17, 15) is 9.59 Å². The molecule has 148 valence electrons. The molecule has 0 aliphatic carbocycles. The average molecular weight is 381 g/mol. The van der Waals surface area contributed by atoms with Gasteiger partial charge in [-0.25, -0.2) is 0 Å². The van der Waals surface area contributed by atoms with E-state index in [1.165, 1.54) is 10.5 Å². The Morgan fingerprint density at radius 1 is 1.18 bits per heavy atom. The SMILES string of the molecule is C[C@H]1CCc2ccccc2N1C(=O)CNc1cccc(OCC(=O)N(C)C)c1. The van der Waals surface area contributed by atoms with E-state index in [0.717, 1.165) is 24.2 Å². The molecule has 3 rings (SSSR count). The number of fused-ring (bicyclic) bond motifs is 1. The van der Waals surface area contributed by atoms with Crippen LogP contribution in [0.2, 0.25) is 0 Å². The largest absolute Gasteiger partial charge is 0.484 e. The molecule has 6 nitrogen and oxygen atoms in total. The number of carbonyl (C=O) groups excluding carboxylic acids is 2. The van der Waals surface area contributed by atoms with Crippen LogP contribution in [0.5, 0.6) is 5.75 Å². The van der Waals surface area contributed by atoms with E-state index < -0.39 is 0 Å². The van der Waals surface area contributed by atoms with E-state index in [-0.39, 0.29) is 31.0 Å². The standard InChI is InChI=1S/C22H27N3O3/c1-16-11-12-17-7-4-5-10-20(17)25(16)21(26)14-23-18-8-6-9-19(13-18)28-15-22(27)24(2)3/h4-10,13,16,23H,11-12,14-15H2,1-3H3/t16-/m0/s1. The predicted octanol–water partition coefficient (Wildman–Crippen LogP) is 2.93. The van der Waals surface area contributed by atoms with E-state index in [1.54, 1.807) is 26.2 Å². The van der Waals surface area contributed by atoms with Gasteiger partial charge < -0.3 is 19.9 Å². The Labute approximate surface area is 166 Å². The molecule has 0 radical (unpaired) electrons. The monoisotopic (exact) mass is 381 g/mol. The quantitative estimate of drug-likeness (QED) is 0.836. The minimum atomic E-state index is -0.105. The van der Waals surface area contributed by atoms with E-state index in [2.05, 4.69) is 18.3 Å². The van der Waals surface area contributed by atoms with Gasteiger partial charge in [0, 0.05) is 37.6 Å². The number of likely N-dealkylation sites (N-methyl/N-ethyl adjacent to an activating group) is 1. The maximum absolute atomic E-state index is 12.9. The lowest BCUT2D eigenvalue weighted by Crippen LogP contribution is -2.44. The molecule has 0 fully saturated rings. The molecule has 2 aromatic carbocycles. The van der Waals surface area contributed by atoms with Gasteiger partial charge in [0.05, 0.1) is 6.54 Å². The van der Waals surface area contributed by atoms with Crippen LogP contribution in [0.4, 0.5) is 11.4 Å². The van der Waals surface area contributed by atoms with E-state index in [1.807, 2.05) is 35.2 Å². The van der Waals surface area contributed by atoms with Crippen LogP contribution in [0, 0.1) is 0 Å². The topological polar surface area (TPSA) is 61.9 Å². The van der Waals surface area contributed by atoms with E-state index in [0.29, 0.717) is 5.75 Å². The van der Waals surface area contributed by atoms with Gasteiger partial charge in [-0.1, -0.05) is 24.3 Å². The molecule has 28 heavy (non-hydrogen) atoms. The molecule has 0 saturated carbocycles. The summed E-state index contributed by atoms with van der Waals surface area (Å²) in [6.45, 7) is 2.26. The van der Waals surface area contributed by atoms with Crippen molar-refractivity contribution in [2.24, 2.45) is 0 Å². The van der Waals surface area contributed by atoms with Crippen LogP contribution in [0.15, 0.2) is 48.5 Å². The summed E-state index contributed by atoms with van der Waals surface area (Å²) in [7, 11) is 3.38. The van der Waals surface area contributed by atoms with Crippen molar-refractivity contribution in [3.63, 3.8) is 0 Å². The number of amides is 2. The van der Waals surface area contributed by atoms with Crippen molar-refractivity contribution in [3.05, 3.63) is 54.1 Å². The van der Waals surface area contributed by atoms with Gasteiger partial charge in [-0.3, -0.25) is 9.59 Å². The summed E-state index contributed by atoms with van der Waals surface area (Å²) in [5.41, 5.74) is 3.00. The Bertz CT molecular complexity index is 850. The van der Waals surface area contributed by atoms with E-state index in [4.69, 9.17) is 4.74 Å². The molecule has 0 spiro atoms. The Morgan fingerprint density at radius 3 is 2.75 bits per heavy atom. The van der Waals surface area contributed by atoms with Gasteiger partial charge in [0.25, 0.3) is 5.91 Å². The van der Waals surface area contributed by atoms with Crippen molar-refractivity contribution in [3.8, 4) is 5.75 Å². The molecule has 0 bridgehead atoms. The zero-order valence-electron chi connectivity index (χ0n) is 16.6. The highest BCUT2D eigenvalue weighted by molar-refractivity contribution is 5.97. The first kappa shape index (κ1) is 19.7. The third-order valence-corrected chi connectivity index (χ3v) is 4.93. The predicted molar refractivity (Wildman–Crippen MR) is 111 cm³/mol. The first-order chi connectivity index (χ1) is 13.5. The summed E-state index contributed by atoms with van der Waals surface area (Å²) >= 11 is 0. The van der Waals surface area contributed by atoms with Crippen molar-refractivity contribution in [2.45, 2.75) is 25.8 Å². The lowest BCUT2D eigenvalue weighted by molar-refractivity contribution is -0.130. The number of para-hydroxylation sites is 1. The summed E-state index contributed by atoms with van der Waals surface area (Å²) in [4.78, 5) is 27.9. The summed E-state index contributed by atoms with van der Waals surface area (Å²) in [5, 5.41) is 3.18. The number of aryl methyl sites for hydroxylation is 1. The normalized spacial score (nSPS) is 15.5. The molecule has 6 heteroatoms. The Balaban J connectivity index is 1.62. The molecular weight excluding hydrogens is 354 g/mol. The molecule has 1 aliphatic rings. The van der Waals surface area contributed by atoms with Crippen LogP contribution in [-0.2, 0) is 16.0 Å². The van der Waals surface area contributed by atoms with Crippen LogP contribution in [0.3, 0.4) is 0 Å². The number of rotatable bonds is 6. The molecule has 0 aromatic heterocycles. The fourth-order valence-electron chi connectivity index (χ4n) is 3.30. The number of benzene rings is 2. The molecule has 2 amide bonds. The van der Waals surface area contributed by atoms with Crippen molar-refractivity contribution in [1.82, 2.24) is 4.90 Å². The van der Waals surface area contributed by atoms with Gasteiger partial charge in [-0.15, -0.1) is 0 Å². The molecule has 0 saturated heterocycles. The van der Waals surface area contributed by atoms with Crippen LogP contribution < -0.4 is 15.0 Å². The zero-order chi connectivity index (χ0) is 20.1. The van der Waals surface area contributed by atoms with Gasteiger partial charge in [0.1, 0.15) is 5.75 Å². The van der Waals surface area contributed by atoms with Crippen LogP contribution in [0.25, 0.3) is 0 Å². The molecule has 1 aliphatic heterocycles. The molecule has 1 N–H and O–H groups in total. The smallest absolute Gasteiger partial charge is 0.259 e. The van der Waals surface area contributed by atoms with Crippen LogP contribution in [0.1, 0.15) is 18.9 Å². The zero-order valence-corrected chi connectivity index (χ0v) is 16.6. The number of ether oxygens (including phenoxy) is 1. The number of hydrogen-bond acceptors (Lipinski definition) is 4. The van der Waals surface area contributed by atoms with Crippen molar-refractivity contribution in [2.75, 3.05) is 37.5 Å². The second-order valence-electron chi connectivity index (χ2n) is 7.24. The Hall–Kier alpha value is -3.02. The van der Waals surface area contributed by atoms with Gasteiger partial charge in [-0.05, 0) is 43.5 Å². The van der Waals surface area contributed by atoms with Crippen molar-refractivity contribution in [1.29, 1.82) is 0 Å². The Morgan fingerprint density at radius 2 is 1.96 bits per heavy atom. The highest BCUT2D eigenvalue weighted by atomic mass is 16.5. The second-order valence-corrected chi connectivity index (χ2v) is 7.24. The minimum Gasteiger partial charge on any atom is -0.484 e. The summed E-state index contributed by atoms with van der Waals surface area (Å²) in [6, 6.07) is 15.6. The summed E-state index contributed by atoms with van der Waals surface area (Å²) in [5.74, 6) is 0.518. The van der Waals surface area contributed by atoms with Crippen LogP contribution >= 0.6 is 0 Å². The highest BCUT2D eigenvalue weighted by Crippen LogP contribution is 2.30. The molecule has 0 unspecified atom stereocenters. The van der Waals surface area contributed by atoms with Gasteiger partial charge >= 0.3 is 0 Å². The first-order valence-electron chi connectivity index (χ1n) is 9.52. The first-order valence-corrected chi connectivity index (χ1v) is 9.52. The van der Waals surface area contributed by atoms with Crippen molar-refractivity contribution >= 4 is 23.2 Å². The number of carbonyl (C=O) groups is 2. The fraction of sp³-hybridized carbons (Fsp3) is 0.364. The number of anilines is 2. The maximum Gasteiger partial charge on any atom is 0.259 e. The van der Waals surface area contributed by atoms with Gasteiger partial charge in [0.15, 0.2) is 6.61 Å². The lowest BCUT2D eigenvalue weighted by atomic mass is 9.96. The lowest BCUT2D eigenvalue weighted by Gasteiger charge is -2.35. The molecule has 2 aromatic rings. The van der Waals surface area contributed by atoms with Crippen LogP contribution in [-0.4, -0.2) is 50.0 Å². The average Bonchev–Trinajstić information content (AvgIpc) is 2.70. The number of nitrogens with zero attached hydrogens (tertiary/aromatic N) is 2. The van der Waals surface area contributed by atoms with Gasteiger partial charge in [0.2, 0.25) is 5.91 Å². The third kappa shape index (κ3) is 4.63.